The third kappa shape index (κ3) is 4.30. The molecule has 0 spiro atoms. The molecule has 0 unspecified atom stereocenters. The minimum absolute atomic E-state index is 0.120. The maximum atomic E-state index is 11.8. The highest BCUT2D eigenvalue weighted by Crippen LogP contribution is 2.35. The van der Waals surface area contributed by atoms with E-state index in [0.717, 1.165) is 23.3 Å². The Balaban J connectivity index is 1.60. The van der Waals surface area contributed by atoms with Crippen molar-refractivity contribution in [1.82, 2.24) is 19.5 Å². The van der Waals surface area contributed by atoms with E-state index < -0.39 is 0 Å². The first-order chi connectivity index (χ1) is 16.4. The van der Waals surface area contributed by atoms with Gasteiger partial charge in [0.1, 0.15) is 5.82 Å². The topological polar surface area (TPSA) is 62.5 Å². The quantitative estimate of drug-likeness (QED) is 0.405. The number of aromatic nitrogens is 3. The van der Waals surface area contributed by atoms with Gasteiger partial charge in [-0.1, -0.05) is 44.5 Å². The number of hydrogen-bond donors (Lipinski definition) is 1. The molecule has 0 radical (unpaired) electrons. The molecule has 6 heteroatoms. The van der Waals surface area contributed by atoms with E-state index >= 15 is 0 Å². The van der Waals surface area contributed by atoms with Gasteiger partial charge in [-0.05, 0) is 79.2 Å². The molecular formula is C28H33N5O. The van der Waals surface area contributed by atoms with Gasteiger partial charge >= 0.3 is 0 Å². The van der Waals surface area contributed by atoms with E-state index in [4.69, 9.17) is 0 Å². The zero-order valence-electron chi connectivity index (χ0n) is 20.6. The van der Waals surface area contributed by atoms with Gasteiger partial charge in [0.15, 0.2) is 5.65 Å². The van der Waals surface area contributed by atoms with Crippen molar-refractivity contribution in [3.8, 4) is 11.1 Å². The van der Waals surface area contributed by atoms with Crippen LogP contribution in [0.1, 0.15) is 62.9 Å². The summed E-state index contributed by atoms with van der Waals surface area (Å²) in [5, 5.41) is 12.6. The third-order valence-electron chi connectivity index (χ3n) is 6.86. The fraction of sp³-hybridized carbons (Fsp3) is 0.393. The Kier molecular flexibility index (Phi) is 6.09. The lowest BCUT2D eigenvalue weighted by Crippen LogP contribution is -2.28. The summed E-state index contributed by atoms with van der Waals surface area (Å²) in [5.74, 6) is 1.04. The third-order valence-corrected chi connectivity index (χ3v) is 6.86. The van der Waals surface area contributed by atoms with Crippen LogP contribution in [0.3, 0.4) is 0 Å². The monoisotopic (exact) mass is 455 g/mol. The predicted molar refractivity (Wildman–Crippen MR) is 138 cm³/mol. The number of piperidine rings is 1. The molecule has 2 aromatic heterocycles. The van der Waals surface area contributed by atoms with Crippen molar-refractivity contribution >= 4 is 28.1 Å². The van der Waals surface area contributed by atoms with E-state index in [1.165, 1.54) is 61.5 Å². The van der Waals surface area contributed by atoms with Crippen LogP contribution in [0, 0.1) is 6.92 Å². The maximum absolute atomic E-state index is 11.8. The Labute approximate surface area is 201 Å². The molecule has 1 amide bonds. The summed E-state index contributed by atoms with van der Waals surface area (Å²) in [6.07, 6.45) is 3.99. The molecule has 2 aromatic carbocycles. The van der Waals surface area contributed by atoms with E-state index in [9.17, 15) is 4.79 Å². The lowest BCUT2D eigenvalue weighted by Gasteiger charge is -2.26. The number of amides is 1. The van der Waals surface area contributed by atoms with Gasteiger partial charge in [0.05, 0.1) is 11.2 Å². The first-order valence-electron chi connectivity index (χ1n) is 12.3. The van der Waals surface area contributed by atoms with Crippen LogP contribution in [0.2, 0.25) is 0 Å². The lowest BCUT2D eigenvalue weighted by atomic mass is 9.90. The van der Waals surface area contributed by atoms with E-state index in [0.29, 0.717) is 17.3 Å². The number of nitrogens with one attached hydrogen (secondary N) is 1. The van der Waals surface area contributed by atoms with Crippen molar-refractivity contribution in [2.45, 2.75) is 59.4 Å². The fourth-order valence-electron chi connectivity index (χ4n) is 5.15. The Morgan fingerprint density at radius 2 is 1.76 bits per heavy atom. The van der Waals surface area contributed by atoms with Crippen LogP contribution in [0.4, 0.5) is 5.69 Å². The van der Waals surface area contributed by atoms with Gasteiger partial charge in [0, 0.05) is 18.9 Å². The maximum Gasteiger partial charge on any atom is 0.221 e. The summed E-state index contributed by atoms with van der Waals surface area (Å²) in [6.45, 7) is 11.4. The summed E-state index contributed by atoms with van der Waals surface area (Å²) in [7, 11) is 0. The highest BCUT2D eigenvalue weighted by Gasteiger charge is 2.17. The van der Waals surface area contributed by atoms with E-state index in [-0.39, 0.29) is 5.91 Å². The second kappa shape index (κ2) is 9.18. The largest absolute Gasteiger partial charge is 0.323 e. The normalized spacial score (nSPS) is 14.9. The molecule has 1 fully saturated rings. The standard InChI is InChI=1S/C28H33N5O/c1-18(2)24-16-27-23(15-26(29-20(4)34)28-31-30-19(3)33(27)28)14-25(24)22-10-8-21(9-11-22)17-32-12-6-5-7-13-32/h8-11,14-16,18H,5-7,12-13,17H2,1-4H3,(H,29,34). The number of benzene rings is 2. The molecule has 1 saturated heterocycles. The van der Waals surface area contributed by atoms with Gasteiger partial charge in [-0.2, -0.15) is 0 Å². The molecule has 0 atom stereocenters. The molecule has 0 bridgehead atoms. The van der Waals surface area contributed by atoms with E-state index in [1.807, 2.05) is 17.4 Å². The zero-order valence-corrected chi connectivity index (χ0v) is 20.6. The number of anilines is 1. The van der Waals surface area contributed by atoms with E-state index in [2.05, 4.69) is 70.7 Å². The van der Waals surface area contributed by atoms with Crippen molar-refractivity contribution in [3.63, 3.8) is 0 Å². The molecule has 176 valence electrons. The smallest absolute Gasteiger partial charge is 0.221 e. The first-order valence-corrected chi connectivity index (χ1v) is 12.3. The van der Waals surface area contributed by atoms with Gasteiger partial charge in [-0.3, -0.25) is 14.1 Å². The molecule has 4 aromatic rings. The molecule has 0 aliphatic carbocycles. The van der Waals surface area contributed by atoms with Crippen LogP contribution in [0.15, 0.2) is 42.5 Å². The van der Waals surface area contributed by atoms with Gasteiger partial charge in [0.25, 0.3) is 0 Å². The molecule has 0 saturated carbocycles. The lowest BCUT2D eigenvalue weighted by molar-refractivity contribution is -0.114. The van der Waals surface area contributed by atoms with Crippen LogP contribution in [0.5, 0.6) is 0 Å². The zero-order chi connectivity index (χ0) is 23.8. The van der Waals surface area contributed by atoms with Gasteiger partial charge in [-0.15, -0.1) is 10.2 Å². The number of fused-ring (bicyclic) bond motifs is 3. The summed E-state index contributed by atoms with van der Waals surface area (Å²) in [5.41, 5.74) is 7.51. The highest BCUT2D eigenvalue weighted by molar-refractivity contribution is 5.99. The molecule has 1 aliphatic heterocycles. The SMILES string of the molecule is CC(=O)Nc1cc2cc(-c3ccc(CN4CCCCC4)cc3)c(C(C)C)cc2n2c(C)nnc12. The molecule has 34 heavy (non-hydrogen) atoms. The minimum atomic E-state index is -0.120. The molecular weight excluding hydrogens is 422 g/mol. The number of carbonyl (C=O) groups is 1. The Bertz CT molecular complexity index is 1350. The summed E-state index contributed by atoms with van der Waals surface area (Å²) >= 11 is 0. The number of rotatable bonds is 5. The van der Waals surface area contributed by atoms with Crippen LogP contribution in [-0.4, -0.2) is 38.5 Å². The van der Waals surface area contributed by atoms with Crippen LogP contribution in [0.25, 0.3) is 27.7 Å². The second-order valence-electron chi connectivity index (χ2n) is 9.83. The predicted octanol–water partition coefficient (Wildman–Crippen LogP) is 5.93. The fourth-order valence-corrected chi connectivity index (χ4v) is 5.15. The van der Waals surface area contributed by atoms with Gasteiger partial charge in [0.2, 0.25) is 5.91 Å². The molecule has 1 N–H and O–H groups in total. The Morgan fingerprint density at radius 1 is 1.03 bits per heavy atom. The second-order valence-corrected chi connectivity index (χ2v) is 9.83. The molecule has 5 rings (SSSR count). The average Bonchev–Trinajstić information content (AvgIpc) is 3.21. The van der Waals surface area contributed by atoms with Crippen molar-refractivity contribution < 1.29 is 4.79 Å². The summed E-state index contributed by atoms with van der Waals surface area (Å²) in [4.78, 5) is 14.4. The van der Waals surface area contributed by atoms with Gasteiger partial charge < -0.3 is 5.32 Å². The van der Waals surface area contributed by atoms with Crippen LogP contribution < -0.4 is 5.32 Å². The van der Waals surface area contributed by atoms with Crippen molar-refractivity contribution in [2.24, 2.45) is 0 Å². The van der Waals surface area contributed by atoms with Gasteiger partial charge in [-0.25, -0.2) is 0 Å². The summed E-state index contributed by atoms with van der Waals surface area (Å²) in [6, 6.07) is 15.6. The number of likely N-dealkylation sites (tertiary alicyclic amines) is 1. The number of aryl methyl sites for hydroxylation is 1. The number of hydrogen-bond acceptors (Lipinski definition) is 4. The molecule has 1 aliphatic rings. The Hall–Kier alpha value is -3.25. The summed E-state index contributed by atoms with van der Waals surface area (Å²) < 4.78 is 2.04. The highest BCUT2D eigenvalue weighted by atomic mass is 16.1. The molecule has 6 nitrogen and oxygen atoms in total. The average molecular weight is 456 g/mol. The van der Waals surface area contributed by atoms with Crippen LogP contribution >= 0.6 is 0 Å². The Morgan fingerprint density at radius 3 is 2.44 bits per heavy atom. The van der Waals surface area contributed by atoms with Crippen molar-refractivity contribution in [1.29, 1.82) is 0 Å². The number of pyridine rings is 1. The first kappa shape index (κ1) is 22.5. The van der Waals surface area contributed by atoms with Crippen molar-refractivity contribution in [2.75, 3.05) is 18.4 Å². The van der Waals surface area contributed by atoms with Crippen molar-refractivity contribution in [3.05, 3.63) is 59.4 Å². The minimum Gasteiger partial charge on any atom is -0.323 e. The number of carbonyl (C=O) groups excluding carboxylic acids is 1. The molecule has 3 heterocycles. The number of nitrogens with zero attached hydrogens (tertiary/aromatic N) is 4. The van der Waals surface area contributed by atoms with E-state index in [1.54, 1.807) is 0 Å². The van der Waals surface area contributed by atoms with Crippen LogP contribution in [-0.2, 0) is 11.3 Å².